The number of nitrogens with zero attached hydrogens (tertiary/aromatic N) is 1. The number of hydrogen-bond donors (Lipinski definition) is 3. The minimum atomic E-state index is -1.02. The van der Waals surface area contributed by atoms with Gasteiger partial charge in [-0.05, 0) is 18.2 Å². The van der Waals surface area contributed by atoms with Crippen LogP contribution in [-0.2, 0) is 5.79 Å². The van der Waals surface area contributed by atoms with E-state index in [1.165, 1.54) is 0 Å². The smallest absolute Gasteiger partial charge is 0.212 e. The molecule has 0 aromatic heterocycles. The van der Waals surface area contributed by atoms with Gasteiger partial charge in [-0.2, -0.15) is 0 Å². The molecule has 0 bridgehead atoms. The van der Waals surface area contributed by atoms with Crippen molar-refractivity contribution in [2.45, 2.75) is 5.79 Å². The van der Waals surface area contributed by atoms with Crippen molar-refractivity contribution in [1.82, 2.24) is 5.32 Å². The van der Waals surface area contributed by atoms with E-state index in [-0.39, 0.29) is 0 Å². The summed E-state index contributed by atoms with van der Waals surface area (Å²) in [6.07, 6.45) is 3.36. The fourth-order valence-corrected chi connectivity index (χ4v) is 2.81. The van der Waals surface area contributed by atoms with Gasteiger partial charge in [0, 0.05) is 20.7 Å². The van der Waals surface area contributed by atoms with Crippen molar-refractivity contribution in [1.29, 1.82) is 0 Å². The van der Waals surface area contributed by atoms with Crippen LogP contribution in [0.1, 0.15) is 5.56 Å². The van der Waals surface area contributed by atoms with Crippen LogP contribution >= 0.6 is 31.9 Å². The minimum absolute atomic E-state index is 0.399. The Morgan fingerprint density at radius 1 is 1.31 bits per heavy atom. The van der Waals surface area contributed by atoms with Crippen LogP contribution in [0.3, 0.4) is 0 Å². The predicted octanol–water partition coefficient (Wildman–Crippen LogP) is 1.75. The molecule has 0 aliphatic carbocycles. The Morgan fingerprint density at radius 2 is 2.06 bits per heavy atom. The van der Waals surface area contributed by atoms with Crippen molar-refractivity contribution in [2.24, 2.45) is 16.5 Å². The molecule has 1 atom stereocenters. The van der Waals surface area contributed by atoms with E-state index in [4.69, 9.17) is 11.5 Å². The Kier molecular flexibility index (Phi) is 3.05. The highest BCUT2D eigenvalue weighted by Crippen LogP contribution is 2.29. The second-order valence-corrected chi connectivity index (χ2v) is 5.17. The topological polar surface area (TPSA) is 76.4 Å². The first kappa shape index (κ1) is 11.6. The molecule has 1 unspecified atom stereocenters. The molecule has 0 radical (unpaired) electrons. The zero-order chi connectivity index (χ0) is 11.8. The van der Waals surface area contributed by atoms with E-state index in [1.807, 2.05) is 18.2 Å². The summed E-state index contributed by atoms with van der Waals surface area (Å²) in [7, 11) is 0. The number of nitrogens with two attached hydrogens (primary N) is 2. The van der Waals surface area contributed by atoms with Crippen molar-refractivity contribution in [3.8, 4) is 0 Å². The second kappa shape index (κ2) is 4.20. The summed E-state index contributed by atoms with van der Waals surface area (Å²) in [6, 6.07) is 5.70. The Labute approximate surface area is 110 Å². The van der Waals surface area contributed by atoms with Crippen LogP contribution in [0.4, 0.5) is 0 Å². The predicted molar refractivity (Wildman–Crippen MR) is 71.6 cm³/mol. The van der Waals surface area contributed by atoms with Crippen molar-refractivity contribution < 1.29 is 0 Å². The number of aliphatic imine (C=N–C) groups is 1. The van der Waals surface area contributed by atoms with Gasteiger partial charge in [-0.1, -0.05) is 37.9 Å². The van der Waals surface area contributed by atoms with Crippen molar-refractivity contribution in [3.05, 3.63) is 45.0 Å². The molecule has 0 spiro atoms. The zero-order valence-corrected chi connectivity index (χ0v) is 11.4. The van der Waals surface area contributed by atoms with Gasteiger partial charge in [-0.25, -0.2) is 4.99 Å². The van der Waals surface area contributed by atoms with Crippen LogP contribution < -0.4 is 16.8 Å². The molecule has 0 amide bonds. The number of halogens is 2. The van der Waals surface area contributed by atoms with Gasteiger partial charge >= 0.3 is 0 Å². The fraction of sp³-hybridized carbons (Fsp3) is 0.100. The maximum atomic E-state index is 6.15. The van der Waals surface area contributed by atoms with Gasteiger partial charge < -0.3 is 11.1 Å². The van der Waals surface area contributed by atoms with Gasteiger partial charge in [0.05, 0.1) is 0 Å². The van der Waals surface area contributed by atoms with Gasteiger partial charge in [0.1, 0.15) is 5.84 Å². The third-order valence-electron chi connectivity index (χ3n) is 2.20. The Balaban J connectivity index is 2.48. The maximum Gasteiger partial charge on any atom is 0.212 e. The lowest BCUT2D eigenvalue weighted by Gasteiger charge is -2.29. The molecule has 5 N–H and O–H groups in total. The van der Waals surface area contributed by atoms with Gasteiger partial charge in [-0.15, -0.1) is 0 Å². The summed E-state index contributed by atoms with van der Waals surface area (Å²) in [5.41, 5.74) is 12.6. The van der Waals surface area contributed by atoms with Gasteiger partial charge in [0.25, 0.3) is 0 Å². The fourth-order valence-electron chi connectivity index (χ4n) is 1.46. The highest BCUT2D eigenvalue weighted by Gasteiger charge is 2.29. The third kappa shape index (κ3) is 2.14. The van der Waals surface area contributed by atoms with E-state index in [0.29, 0.717) is 5.84 Å². The van der Waals surface area contributed by atoms with E-state index < -0.39 is 5.79 Å². The van der Waals surface area contributed by atoms with Crippen LogP contribution in [0.25, 0.3) is 0 Å². The van der Waals surface area contributed by atoms with Crippen LogP contribution in [0, 0.1) is 0 Å². The van der Waals surface area contributed by atoms with E-state index in [0.717, 1.165) is 14.5 Å². The van der Waals surface area contributed by atoms with Crippen molar-refractivity contribution >= 4 is 37.7 Å². The average Bonchev–Trinajstić information content (AvgIpc) is 2.16. The molecule has 6 heteroatoms. The number of amidine groups is 1. The van der Waals surface area contributed by atoms with Crippen molar-refractivity contribution in [3.63, 3.8) is 0 Å². The largest absolute Gasteiger partial charge is 0.384 e. The molecular formula is C10H10Br2N4. The molecule has 0 saturated heterocycles. The molecule has 2 rings (SSSR count). The summed E-state index contributed by atoms with van der Waals surface area (Å²) in [4.78, 5) is 4.20. The molecule has 84 valence electrons. The van der Waals surface area contributed by atoms with Crippen LogP contribution in [0.5, 0.6) is 0 Å². The molecule has 0 saturated carbocycles. The first-order chi connectivity index (χ1) is 7.51. The number of hydrogen-bond acceptors (Lipinski definition) is 4. The molecule has 0 fully saturated rings. The third-order valence-corrected chi connectivity index (χ3v) is 3.35. The number of nitrogens with one attached hydrogen (secondary N) is 1. The molecule has 1 aliphatic heterocycles. The average molecular weight is 346 g/mol. The van der Waals surface area contributed by atoms with E-state index >= 15 is 0 Å². The maximum absolute atomic E-state index is 6.15. The summed E-state index contributed by atoms with van der Waals surface area (Å²) in [5, 5.41) is 2.99. The molecular weight excluding hydrogens is 336 g/mol. The summed E-state index contributed by atoms with van der Waals surface area (Å²) < 4.78 is 1.83. The molecule has 16 heavy (non-hydrogen) atoms. The summed E-state index contributed by atoms with van der Waals surface area (Å²) in [6.45, 7) is 0. The monoisotopic (exact) mass is 344 g/mol. The quantitative estimate of drug-likeness (QED) is 0.725. The van der Waals surface area contributed by atoms with Crippen LogP contribution in [-0.4, -0.2) is 5.84 Å². The van der Waals surface area contributed by atoms with Gasteiger partial charge in [0.2, 0.25) is 5.79 Å². The highest BCUT2D eigenvalue weighted by atomic mass is 79.9. The lowest BCUT2D eigenvalue weighted by Crippen LogP contribution is -2.49. The minimum Gasteiger partial charge on any atom is -0.384 e. The Hall–Kier alpha value is -0.850. The number of benzene rings is 1. The molecule has 1 aromatic rings. The van der Waals surface area contributed by atoms with E-state index in [1.54, 1.807) is 12.3 Å². The first-order valence-corrected chi connectivity index (χ1v) is 6.14. The molecule has 4 nitrogen and oxygen atoms in total. The Bertz CT molecular complexity index is 484. The van der Waals surface area contributed by atoms with Crippen LogP contribution in [0.2, 0.25) is 0 Å². The van der Waals surface area contributed by atoms with Crippen LogP contribution in [0.15, 0.2) is 44.4 Å². The Morgan fingerprint density at radius 3 is 2.69 bits per heavy atom. The highest BCUT2D eigenvalue weighted by molar-refractivity contribution is 9.11. The van der Waals surface area contributed by atoms with Gasteiger partial charge in [0.15, 0.2) is 0 Å². The first-order valence-electron chi connectivity index (χ1n) is 4.55. The summed E-state index contributed by atoms with van der Waals surface area (Å²) >= 11 is 6.84. The SMILES string of the molecule is NC1=NC(N)(c2ccc(Br)cc2Br)NC=C1. The number of rotatable bonds is 1. The zero-order valence-electron chi connectivity index (χ0n) is 8.24. The second-order valence-electron chi connectivity index (χ2n) is 3.40. The lowest BCUT2D eigenvalue weighted by molar-refractivity contribution is 0.408. The van der Waals surface area contributed by atoms with E-state index in [9.17, 15) is 0 Å². The molecule has 1 aromatic carbocycles. The summed E-state index contributed by atoms with van der Waals surface area (Å²) in [5.74, 6) is -0.616. The standard InChI is InChI=1S/C10H10Br2N4/c11-6-1-2-7(8(12)5-6)10(14)15-4-3-9(13)16-10/h1-5,15H,14H2,(H2,13,16). The normalized spacial score (nSPS) is 23.8. The lowest BCUT2D eigenvalue weighted by atomic mass is 10.1. The van der Waals surface area contributed by atoms with Crippen molar-refractivity contribution in [2.75, 3.05) is 0 Å². The molecule has 1 aliphatic rings. The van der Waals surface area contributed by atoms with E-state index in [2.05, 4.69) is 42.2 Å². The van der Waals surface area contributed by atoms with Gasteiger partial charge in [-0.3, -0.25) is 5.73 Å². The molecule has 1 heterocycles.